The highest BCUT2D eigenvalue weighted by atomic mass is 19.4. The Kier molecular flexibility index (Phi) is 8.66. The van der Waals surface area contributed by atoms with Gasteiger partial charge in [-0.2, -0.15) is 13.2 Å². The zero-order chi connectivity index (χ0) is 27.1. The Labute approximate surface area is 220 Å². The van der Waals surface area contributed by atoms with Crippen LogP contribution in [-0.2, 0) is 12.7 Å². The van der Waals surface area contributed by atoms with Gasteiger partial charge in [0.1, 0.15) is 5.82 Å². The van der Waals surface area contributed by atoms with Gasteiger partial charge in [0.2, 0.25) is 0 Å². The van der Waals surface area contributed by atoms with Gasteiger partial charge in [0.25, 0.3) is 5.91 Å². The van der Waals surface area contributed by atoms with Crippen LogP contribution in [0, 0.1) is 19.3 Å². The van der Waals surface area contributed by atoms with E-state index in [2.05, 4.69) is 31.3 Å². The molecule has 0 saturated carbocycles. The second-order valence-electron chi connectivity index (χ2n) is 9.11. The summed E-state index contributed by atoms with van der Waals surface area (Å²) in [5, 5.41) is 5.74. The van der Waals surface area contributed by atoms with E-state index in [1.54, 1.807) is 36.5 Å². The van der Waals surface area contributed by atoms with Crippen molar-refractivity contribution in [2.24, 2.45) is 0 Å². The molecule has 2 heterocycles. The fraction of sp³-hybridized carbons (Fsp3) is 0.310. The number of alkyl halides is 3. The van der Waals surface area contributed by atoms with Gasteiger partial charge in [-0.1, -0.05) is 30.2 Å². The lowest BCUT2D eigenvalue weighted by Crippen LogP contribution is -2.48. The molecule has 3 aromatic rings. The maximum Gasteiger partial charge on any atom is 0.417 e. The van der Waals surface area contributed by atoms with Crippen molar-refractivity contribution in [2.75, 3.05) is 49.5 Å². The number of amides is 1. The van der Waals surface area contributed by atoms with Gasteiger partial charge >= 0.3 is 6.18 Å². The molecule has 1 saturated heterocycles. The largest absolute Gasteiger partial charge is 0.417 e. The van der Waals surface area contributed by atoms with Crippen molar-refractivity contribution in [3.05, 3.63) is 88.6 Å². The van der Waals surface area contributed by atoms with Gasteiger partial charge in [-0.15, -0.1) is 6.42 Å². The number of hydrogen-bond acceptors (Lipinski definition) is 5. The van der Waals surface area contributed by atoms with E-state index in [9.17, 15) is 18.0 Å². The number of carbonyl (C=O) groups is 1. The van der Waals surface area contributed by atoms with Crippen molar-refractivity contribution in [3.63, 3.8) is 0 Å². The Morgan fingerprint density at radius 3 is 2.42 bits per heavy atom. The fourth-order valence-electron chi connectivity index (χ4n) is 4.64. The van der Waals surface area contributed by atoms with Gasteiger partial charge in [0, 0.05) is 68.8 Å². The van der Waals surface area contributed by atoms with Crippen molar-refractivity contribution in [3.8, 4) is 12.3 Å². The molecular weight excluding hydrogens is 491 g/mol. The summed E-state index contributed by atoms with van der Waals surface area (Å²) >= 11 is 0. The summed E-state index contributed by atoms with van der Waals surface area (Å²) in [5.41, 5.74) is -0.378. The molecule has 0 aliphatic carbocycles. The number of terminal acetylenes is 1. The summed E-state index contributed by atoms with van der Waals surface area (Å²) in [5.74, 6) is 2.83. The summed E-state index contributed by atoms with van der Waals surface area (Å²) < 4.78 is 42.6. The lowest BCUT2D eigenvalue weighted by molar-refractivity contribution is -0.138. The highest BCUT2D eigenvalue weighted by Gasteiger charge is 2.37. The number of nitrogens with zero attached hydrogens (tertiary/aromatic N) is 3. The molecule has 0 radical (unpaired) electrons. The third kappa shape index (κ3) is 6.52. The Bertz CT molecular complexity index is 1280. The van der Waals surface area contributed by atoms with Crippen LogP contribution in [0.25, 0.3) is 0 Å². The topological polar surface area (TPSA) is 60.5 Å². The van der Waals surface area contributed by atoms with E-state index >= 15 is 0 Å². The number of aromatic nitrogens is 1. The molecule has 0 bridgehead atoms. The van der Waals surface area contributed by atoms with Gasteiger partial charge < -0.3 is 15.5 Å². The zero-order valence-electron chi connectivity index (χ0n) is 21.2. The maximum absolute atomic E-state index is 14.2. The molecule has 1 amide bonds. The first-order valence-corrected chi connectivity index (χ1v) is 12.4. The molecule has 198 valence electrons. The smallest absolute Gasteiger partial charge is 0.354 e. The van der Waals surface area contributed by atoms with Gasteiger partial charge in [-0.3, -0.25) is 9.69 Å². The molecule has 2 N–H and O–H groups in total. The number of pyridine rings is 1. The summed E-state index contributed by atoms with van der Waals surface area (Å²) in [4.78, 5) is 21.5. The number of halogens is 3. The first-order valence-electron chi connectivity index (χ1n) is 12.4. The van der Waals surface area contributed by atoms with Gasteiger partial charge in [0.15, 0.2) is 0 Å². The zero-order valence-corrected chi connectivity index (χ0v) is 21.2. The number of benzene rings is 2. The first kappa shape index (κ1) is 27.2. The molecule has 1 fully saturated rings. The van der Waals surface area contributed by atoms with Crippen molar-refractivity contribution in [2.45, 2.75) is 19.6 Å². The molecule has 1 aliphatic rings. The van der Waals surface area contributed by atoms with Crippen molar-refractivity contribution in [1.29, 1.82) is 0 Å². The number of hydrogen-bond donors (Lipinski definition) is 2. The average molecular weight is 522 g/mol. The monoisotopic (exact) mass is 521 g/mol. The second kappa shape index (κ2) is 12.1. The molecule has 0 unspecified atom stereocenters. The molecule has 38 heavy (non-hydrogen) atoms. The predicted octanol–water partition coefficient (Wildman–Crippen LogP) is 4.55. The quantitative estimate of drug-likeness (QED) is 0.336. The van der Waals surface area contributed by atoms with E-state index in [4.69, 9.17) is 6.42 Å². The molecule has 9 heteroatoms. The molecule has 6 nitrogen and oxygen atoms in total. The molecular formula is C29H30F3N5O. The Balaban J connectivity index is 1.41. The fourth-order valence-corrected chi connectivity index (χ4v) is 4.64. The SMILES string of the molecule is C#Cc1cc(NC(=O)c2ccccc2)c(C)c(C(F)(F)F)c1CNCCN1CCN(c2ccccn2)CC1. The normalized spacial score (nSPS) is 14.2. The van der Waals surface area contributed by atoms with Gasteiger partial charge in [0.05, 0.1) is 5.56 Å². The van der Waals surface area contributed by atoms with E-state index < -0.39 is 17.6 Å². The van der Waals surface area contributed by atoms with Crippen LogP contribution in [0.15, 0.2) is 60.8 Å². The van der Waals surface area contributed by atoms with Crippen LogP contribution in [0.2, 0.25) is 0 Å². The molecule has 0 atom stereocenters. The van der Waals surface area contributed by atoms with Gasteiger partial charge in [-0.05, 0) is 48.4 Å². The van der Waals surface area contributed by atoms with E-state index in [1.165, 1.54) is 13.0 Å². The van der Waals surface area contributed by atoms with E-state index in [-0.39, 0.29) is 28.9 Å². The molecule has 4 rings (SSSR count). The van der Waals surface area contributed by atoms with Gasteiger partial charge in [-0.25, -0.2) is 4.98 Å². The Morgan fingerprint density at radius 1 is 1.08 bits per heavy atom. The maximum atomic E-state index is 14.2. The number of anilines is 2. The minimum atomic E-state index is -4.64. The lowest BCUT2D eigenvalue weighted by Gasteiger charge is -2.35. The van der Waals surface area contributed by atoms with Crippen LogP contribution in [0.5, 0.6) is 0 Å². The van der Waals surface area contributed by atoms with Crippen molar-refractivity contribution in [1.82, 2.24) is 15.2 Å². The number of nitrogens with one attached hydrogen (secondary N) is 2. The minimum Gasteiger partial charge on any atom is -0.354 e. The van der Waals surface area contributed by atoms with Crippen LogP contribution >= 0.6 is 0 Å². The van der Waals surface area contributed by atoms with Crippen LogP contribution in [-0.4, -0.2) is 55.1 Å². The number of rotatable bonds is 8. The second-order valence-corrected chi connectivity index (χ2v) is 9.11. The summed E-state index contributed by atoms with van der Waals surface area (Å²) in [6, 6.07) is 15.6. The molecule has 1 aliphatic heterocycles. The molecule has 1 aromatic heterocycles. The minimum absolute atomic E-state index is 0.00943. The highest BCUT2D eigenvalue weighted by Crippen LogP contribution is 2.39. The number of carbonyl (C=O) groups excluding carboxylic acids is 1. The first-order chi connectivity index (χ1) is 18.3. The van der Waals surface area contributed by atoms with E-state index in [1.807, 2.05) is 18.2 Å². The molecule has 2 aromatic carbocycles. The molecule has 0 spiro atoms. The van der Waals surface area contributed by atoms with Crippen molar-refractivity contribution < 1.29 is 18.0 Å². The Hall–Kier alpha value is -3.87. The average Bonchev–Trinajstić information content (AvgIpc) is 2.93. The third-order valence-corrected chi connectivity index (χ3v) is 6.67. The predicted molar refractivity (Wildman–Crippen MR) is 143 cm³/mol. The third-order valence-electron chi connectivity index (χ3n) is 6.67. The summed E-state index contributed by atoms with van der Waals surface area (Å²) in [6.45, 7) is 5.90. The van der Waals surface area contributed by atoms with E-state index in [0.29, 0.717) is 18.7 Å². The van der Waals surface area contributed by atoms with Crippen LogP contribution < -0.4 is 15.5 Å². The van der Waals surface area contributed by atoms with Crippen LogP contribution in [0.4, 0.5) is 24.7 Å². The Morgan fingerprint density at radius 2 is 1.79 bits per heavy atom. The van der Waals surface area contributed by atoms with Crippen LogP contribution in [0.1, 0.15) is 32.6 Å². The summed E-state index contributed by atoms with van der Waals surface area (Å²) in [6.07, 6.45) is 2.77. The van der Waals surface area contributed by atoms with E-state index in [0.717, 1.165) is 32.0 Å². The highest BCUT2D eigenvalue weighted by molar-refractivity contribution is 6.04. The van der Waals surface area contributed by atoms with Crippen LogP contribution in [0.3, 0.4) is 0 Å². The summed E-state index contributed by atoms with van der Waals surface area (Å²) in [7, 11) is 0. The number of piperazine rings is 1. The lowest BCUT2D eigenvalue weighted by atomic mass is 9.94. The standard InChI is InChI=1S/C29H30F3N5O/c1-3-22-19-25(35-28(38)23-9-5-4-6-10-23)21(2)27(29(30,31)32)24(22)20-33-13-14-36-15-17-37(18-16-36)26-11-7-8-12-34-26/h1,4-12,19,33H,13-18,20H2,2H3,(H,35,38). The van der Waals surface area contributed by atoms with Crippen molar-refractivity contribution >= 4 is 17.4 Å².